The molecule has 1 aromatic carbocycles. The van der Waals surface area contributed by atoms with Gasteiger partial charge in [0.1, 0.15) is 17.7 Å². The molecule has 4 atom stereocenters. The highest BCUT2D eigenvalue weighted by Gasteiger charge is 2.45. The number of hydrogen-bond acceptors (Lipinski definition) is 5. The molecule has 232 valence electrons. The number of hydrogen-bond donors (Lipinski definition) is 4. The molecule has 0 radical (unpaired) electrons. The summed E-state index contributed by atoms with van der Waals surface area (Å²) in [4.78, 5) is 39.4. The molecule has 1 fully saturated rings. The molecule has 4 N–H and O–H groups in total. The van der Waals surface area contributed by atoms with E-state index in [1.54, 1.807) is 45.0 Å². The smallest absolute Gasteiger partial charge is 0.416 e. The van der Waals surface area contributed by atoms with Gasteiger partial charge in [-0.05, 0) is 51.0 Å². The molecule has 8 nitrogen and oxygen atoms in total. The van der Waals surface area contributed by atoms with E-state index in [1.807, 2.05) is 19.9 Å². The number of amides is 3. The number of ether oxygens (including phenoxy) is 1. The molecule has 1 saturated carbocycles. The maximum atomic E-state index is 13.6. The zero-order valence-electron chi connectivity index (χ0n) is 24.7. The predicted molar refractivity (Wildman–Crippen MR) is 150 cm³/mol. The van der Waals surface area contributed by atoms with Gasteiger partial charge in [-0.1, -0.05) is 76.3 Å². The monoisotopic (exact) mass is 585 g/mol. The van der Waals surface area contributed by atoms with Crippen molar-refractivity contribution in [1.29, 1.82) is 0 Å². The third-order valence-corrected chi connectivity index (χ3v) is 6.99. The molecular formula is C30H46F3N3O5. The highest BCUT2D eigenvalue weighted by Crippen LogP contribution is 2.31. The van der Waals surface area contributed by atoms with Crippen molar-refractivity contribution in [3.8, 4) is 0 Å². The van der Waals surface area contributed by atoms with E-state index in [-0.39, 0.29) is 31.1 Å². The Morgan fingerprint density at radius 2 is 1.51 bits per heavy atom. The summed E-state index contributed by atoms with van der Waals surface area (Å²) in [5.74, 6) is -1.63. The van der Waals surface area contributed by atoms with Crippen LogP contribution in [0.2, 0.25) is 0 Å². The van der Waals surface area contributed by atoms with Gasteiger partial charge in [0.05, 0.1) is 6.04 Å². The van der Waals surface area contributed by atoms with E-state index in [0.717, 1.165) is 37.7 Å². The van der Waals surface area contributed by atoms with Crippen LogP contribution in [0.4, 0.5) is 18.0 Å². The molecule has 41 heavy (non-hydrogen) atoms. The summed E-state index contributed by atoms with van der Waals surface area (Å²) in [5.41, 5.74) is -0.0701. The second kappa shape index (κ2) is 15.4. The van der Waals surface area contributed by atoms with Crippen LogP contribution in [0.1, 0.15) is 85.1 Å². The molecule has 0 aromatic heterocycles. The molecule has 3 amide bonds. The van der Waals surface area contributed by atoms with Crippen molar-refractivity contribution in [2.45, 2.75) is 122 Å². The standard InChI is InChI=1S/C30H46F3N3O5/c1-19(2)16-23(26(38)34-22(25(37)30(31,32)33)17-20-12-8-6-9-13-20)35-27(39)24(18-21-14-10-7-11-15-21)36-28(40)41-29(3,4)5/h7,10-11,14-15,19-20,22-25,37H,6,8-9,12-13,16-18H2,1-5H3,(H,34,38)(H,35,39)(H,36,40)/t22?,23-,24-,25?/m0/s1. The Morgan fingerprint density at radius 3 is 2.05 bits per heavy atom. The number of alkyl halides is 3. The fourth-order valence-electron chi connectivity index (χ4n) is 5.04. The normalized spacial score (nSPS) is 17.7. The van der Waals surface area contributed by atoms with Gasteiger partial charge in [-0.25, -0.2) is 4.79 Å². The van der Waals surface area contributed by atoms with Crippen molar-refractivity contribution < 1.29 is 37.4 Å². The topological polar surface area (TPSA) is 117 Å². The van der Waals surface area contributed by atoms with E-state index in [4.69, 9.17) is 4.74 Å². The Balaban J connectivity index is 2.24. The summed E-state index contributed by atoms with van der Waals surface area (Å²) in [6.07, 6.45) is -3.96. The van der Waals surface area contributed by atoms with Gasteiger partial charge >= 0.3 is 12.3 Å². The number of aliphatic hydroxyl groups is 1. The molecule has 1 aliphatic rings. The molecule has 2 rings (SSSR count). The van der Waals surface area contributed by atoms with Crippen LogP contribution in [-0.2, 0) is 20.7 Å². The Hall–Kier alpha value is -2.82. The zero-order chi connectivity index (χ0) is 30.8. The summed E-state index contributed by atoms with van der Waals surface area (Å²) in [7, 11) is 0. The first-order valence-electron chi connectivity index (χ1n) is 14.4. The van der Waals surface area contributed by atoms with Gasteiger partial charge < -0.3 is 25.8 Å². The molecule has 0 aliphatic heterocycles. The third kappa shape index (κ3) is 12.7. The molecule has 0 spiro atoms. The van der Waals surface area contributed by atoms with Crippen LogP contribution in [0.15, 0.2) is 30.3 Å². The Morgan fingerprint density at radius 1 is 0.927 bits per heavy atom. The van der Waals surface area contributed by atoms with Gasteiger partial charge in [0.2, 0.25) is 11.8 Å². The number of benzene rings is 1. The molecule has 11 heteroatoms. The fourth-order valence-corrected chi connectivity index (χ4v) is 5.04. The van der Waals surface area contributed by atoms with E-state index in [0.29, 0.717) is 0 Å². The van der Waals surface area contributed by atoms with E-state index >= 15 is 0 Å². The van der Waals surface area contributed by atoms with Crippen LogP contribution >= 0.6 is 0 Å². The van der Waals surface area contributed by atoms with Crippen LogP contribution < -0.4 is 16.0 Å². The van der Waals surface area contributed by atoms with Gasteiger partial charge in [0.25, 0.3) is 0 Å². The fraction of sp³-hybridized carbons (Fsp3) is 0.700. The van der Waals surface area contributed by atoms with Crippen LogP contribution in [0.3, 0.4) is 0 Å². The summed E-state index contributed by atoms with van der Waals surface area (Å²) in [6.45, 7) is 8.68. The maximum Gasteiger partial charge on any atom is 0.416 e. The maximum absolute atomic E-state index is 13.6. The minimum Gasteiger partial charge on any atom is -0.444 e. The second-order valence-electron chi connectivity index (χ2n) is 12.4. The molecular weight excluding hydrogens is 539 g/mol. The predicted octanol–water partition coefficient (Wildman–Crippen LogP) is 5.03. The highest BCUT2D eigenvalue weighted by atomic mass is 19.4. The number of aliphatic hydroxyl groups excluding tert-OH is 1. The van der Waals surface area contributed by atoms with Crippen LogP contribution in [0, 0.1) is 11.8 Å². The molecule has 1 aliphatic carbocycles. The second-order valence-corrected chi connectivity index (χ2v) is 12.4. The largest absolute Gasteiger partial charge is 0.444 e. The van der Waals surface area contributed by atoms with Crippen molar-refractivity contribution in [2.75, 3.05) is 0 Å². The summed E-state index contributed by atoms with van der Waals surface area (Å²) < 4.78 is 46.0. The Kier molecular flexibility index (Phi) is 12.9. The van der Waals surface area contributed by atoms with Crippen LogP contribution in [0.25, 0.3) is 0 Å². The van der Waals surface area contributed by atoms with Gasteiger partial charge in [-0.2, -0.15) is 13.2 Å². The molecule has 0 saturated heterocycles. The molecule has 1 aromatic rings. The summed E-state index contributed by atoms with van der Waals surface area (Å²) >= 11 is 0. The van der Waals surface area contributed by atoms with Crippen molar-refractivity contribution in [2.24, 2.45) is 11.8 Å². The first-order valence-corrected chi connectivity index (χ1v) is 14.4. The number of carbonyl (C=O) groups is 3. The Bertz CT molecular complexity index is 976. The first kappa shape index (κ1) is 34.4. The lowest BCUT2D eigenvalue weighted by molar-refractivity contribution is -0.213. The number of carbonyl (C=O) groups excluding carboxylic acids is 3. The molecule has 0 heterocycles. The van der Waals surface area contributed by atoms with Crippen LogP contribution in [-0.4, -0.2) is 59.0 Å². The lowest BCUT2D eigenvalue weighted by Crippen LogP contribution is -2.58. The van der Waals surface area contributed by atoms with Crippen molar-refractivity contribution in [3.63, 3.8) is 0 Å². The number of alkyl carbamates (subject to hydrolysis) is 1. The summed E-state index contributed by atoms with van der Waals surface area (Å²) in [5, 5.41) is 17.7. The average molecular weight is 586 g/mol. The number of nitrogens with one attached hydrogen (secondary N) is 3. The van der Waals surface area contributed by atoms with E-state index in [9.17, 15) is 32.7 Å². The van der Waals surface area contributed by atoms with E-state index in [1.165, 1.54) is 0 Å². The Labute approximate surface area is 241 Å². The molecule has 0 bridgehead atoms. The van der Waals surface area contributed by atoms with Gasteiger partial charge in [-0.3, -0.25) is 9.59 Å². The lowest BCUT2D eigenvalue weighted by atomic mass is 9.83. The SMILES string of the molecule is CC(C)C[C@H](NC(=O)[C@H](Cc1ccccc1)NC(=O)OC(C)(C)C)C(=O)NC(CC1CCCCC1)C(O)C(F)(F)F. The quantitative estimate of drug-likeness (QED) is 0.275. The average Bonchev–Trinajstić information content (AvgIpc) is 2.86. The van der Waals surface area contributed by atoms with Crippen molar-refractivity contribution in [3.05, 3.63) is 35.9 Å². The molecule has 2 unspecified atom stereocenters. The van der Waals surface area contributed by atoms with E-state index in [2.05, 4.69) is 16.0 Å². The van der Waals surface area contributed by atoms with Gasteiger partial charge in [0, 0.05) is 6.42 Å². The van der Waals surface area contributed by atoms with Gasteiger partial charge in [-0.15, -0.1) is 0 Å². The van der Waals surface area contributed by atoms with Crippen LogP contribution in [0.5, 0.6) is 0 Å². The summed E-state index contributed by atoms with van der Waals surface area (Å²) in [6, 6.07) is 5.09. The lowest BCUT2D eigenvalue weighted by Gasteiger charge is -2.32. The third-order valence-electron chi connectivity index (χ3n) is 6.99. The minimum absolute atomic E-state index is 0.00834. The van der Waals surface area contributed by atoms with E-state index < -0.39 is 53.9 Å². The first-order chi connectivity index (χ1) is 19.0. The number of halogens is 3. The minimum atomic E-state index is -4.92. The highest BCUT2D eigenvalue weighted by molar-refractivity contribution is 5.91. The van der Waals surface area contributed by atoms with Gasteiger partial charge in [0.15, 0.2) is 6.10 Å². The van der Waals surface area contributed by atoms with Crippen molar-refractivity contribution in [1.82, 2.24) is 16.0 Å². The number of rotatable bonds is 12. The zero-order valence-corrected chi connectivity index (χ0v) is 24.7. The van der Waals surface area contributed by atoms with Crippen molar-refractivity contribution >= 4 is 17.9 Å².